The van der Waals surface area contributed by atoms with E-state index in [1.165, 1.54) is 32.1 Å². The number of carbonyl (C=O) groups excluding carboxylic acids is 1. The Hall–Kier alpha value is -0.590. The van der Waals surface area contributed by atoms with Crippen LogP contribution in [0.25, 0.3) is 0 Å². The first-order chi connectivity index (χ1) is 9.56. The molecule has 3 aliphatic rings. The van der Waals surface area contributed by atoms with E-state index in [9.17, 15) is 4.79 Å². The summed E-state index contributed by atoms with van der Waals surface area (Å²) in [7, 11) is 0. The topological polar surface area (TPSA) is 17.1 Å². The van der Waals surface area contributed by atoms with Crippen molar-refractivity contribution in [3.05, 3.63) is 11.6 Å². The summed E-state index contributed by atoms with van der Waals surface area (Å²) < 4.78 is 0. The minimum Gasteiger partial charge on any atom is -0.300 e. The fourth-order valence-electron chi connectivity index (χ4n) is 5.73. The summed E-state index contributed by atoms with van der Waals surface area (Å²) in [6.45, 7) is 7.17. The highest BCUT2D eigenvalue weighted by molar-refractivity contribution is 5.80. The second-order valence-corrected chi connectivity index (χ2v) is 7.86. The van der Waals surface area contributed by atoms with E-state index in [-0.39, 0.29) is 0 Å². The predicted molar refractivity (Wildman–Crippen MR) is 83.4 cm³/mol. The molecule has 3 aliphatic carbocycles. The Morgan fingerprint density at radius 1 is 1.20 bits per heavy atom. The van der Waals surface area contributed by atoms with Crippen LogP contribution in [0.15, 0.2) is 11.6 Å². The van der Waals surface area contributed by atoms with Crippen LogP contribution in [0.1, 0.15) is 72.1 Å². The molecule has 20 heavy (non-hydrogen) atoms. The lowest BCUT2D eigenvalue weighted by Crippen LogP contribution is -2.43. The maximum Gasteiger partial charge on any atom is 0.133 e. The molecule has 0 amide bonds. The summed E-state index contributed by atoms with van der Waals surface area (Å²) >= 11 is 0. The van der Waals surface area contributed by atoms with Crippen molar-refractivity contribution in [3.8, 4) is 0 Å². The summed E-state index contributed by atoms with van der Waals surface area (Å²) in [5, 5.41) is 0. The Labute approximate surface area is 124 Å². The second kappa shape index (κ2) is 5.31. The van der Waals surface area contributed by atoms with E-state index in [1.807, 2.05) is 0 Å². The lowest BCUT2D eigenvalue weighted by Gasteiger charge is -2.51. The van der Waals surface area contributed by atoms with E-state index < -0.39 is 0 Å². The number of fused-ring (bicyclic) bond motifs is 1. The minimum absolute atomic E-state index is 0.327. The van der Waals surface area contributed by atoms with E-state index in [1.54, 1.807) is 5.57 Å². The van der Waals surface area contributed by atoms with Gasteiger partial charge in [0.2, 0.25) is 0 Å². The molecule has 0 spiro atoms. The van der Waals surface area contributed by atoms with Crippen LogP contribution >= 0.6 is 0 Å². The predicted octanol–water partition coefficient (Wildman–Crippen LogP) is 5.15. The van der Waals surface area contributed by atoms with Gasteiger partial charge < -0.3 is 0 Å². The van der Waals surface area contributed by atoms with Crippen molar-refractivity contribution in [1.82, 2.24) is 0 Å². The fraction of sp³-hybridized carbons (Fsp3) is 0.842. The standard InChI is InChI=1S/C19H30O/c1-4-18-17(16-7-5-6-13(16)2)9-8-14-12-15(20)10-11-19(14,18)3/h4,13-14,16-17H,5-12H2,1-3H3. The van der Waals surface area contributed by atoms with Crippen LogP contribution in [0.4, 0.5) is 0 Å². The zero-order chi connectivity index (χ0) is 14.3. The molecule has 112 valence electrons. The number of hydrogen-bond acceptors (Lipinski definition) is 1. The summed E-state index contributed by atoms with van der Waals surface area (Å²) in [5.41, 5.74) is 2.05. The monoisotopic (exact) mass is 274 g/mol. The lowest BCUT2D eigenvalue weighted by atomic mass is 9.53. The minimum atomic E-state index is 0.327. The van der Waals surface area contributed by atoms with E-state index in [0.29, 0.717) is 17.1 Å². The maximum atomic E-state index is 11.8. The van der Waals surface area contributed by atoms with Crippen molar-refractivity contribution >= 4 is 5.78 Å². The number of carbonyl (C=O) groups is 1. The van der Waals surface area contributed by atoms with Gasteiger partial charge in [-0.1, -0.05) is 38.3 Å². The smallest absolute Gasteiger partial charge is 0.133 e. The van der Waals surface area contributed by atoms with Crippen molar-refractivity contribution in [1.29, 1.82) is 0 Å². The molecular weight excluding hydrogens is 244 g/mol. The Morgan fingerprint density at radius 3 is 2.65 bits per heavy atom. The molecule has 1 heteroatoms. The van der Waals surface area contributed by atoms with Crippen LogP contribution in [0.5, 0.6) is 0 Å². The second-order valence-electron chi connectivity index (χ2n) is 7.86. The molecule has 0 aromatic rings. The third-order valence-corrected chi connectivity index (χ3v) is 6.94. The number of ketones is 1. The van der Waals surface area contributed by atoms with Crippen LogP contribution in [0, 0.1) is 29.1 Å². The van der Waals surface area contributed by atoms with Crippen molar-refractivity contribution in [2.75, 3.05) is 0 Å². The molecule has 3 saturated carbocycles. The fourth-order valence-corrected chi connectivity index (χ4v) is 5.73. The first-order valence-corrected chi connectivity index (χ1v) is 8.74. The summed E-state index contributed by atoms with van der Waals surface area (Å²) in [6.07, 6.45) is 12.1. The Kier molecular flexibility index (Phi) is 3.81. The highest BCUT2D eigenvalue weighted by Gasteiger charge is 2.49. The van der Waals surface area contributed by atoms with Crippen molar-refractivity contribution in [2.24, 2.45) is 29.1 Å². The van der Waals surface area contributed by atoms with Crippen LogP contribution < -0.4 is 0 Å². The lowest BCUT2D eigenvalue weighted by molar-refractivity contribution is -0.125. The molecule has 0 aromatic heterocycles. The molecule has 3 rings (SSSR count). The van der Waals surface area contributed by atoms with Gasteiger partial charge in [0.05, 0.1) is 0 Å². The summed E-state index contributed by atoms with van der Waals surface area (Å²) in [5.74, 6) is 3.77. The normalized spacial score (nSPS) is 47.5. The van der Waals surface area contributed by atoms with E-state index in [2.05, 4.69) is 26.8 Å². The Bertz CT molecular complexity index is 421. The first-order valence-electron chi connectivity index (χ1n) is 8.74. The van der Waals surface area contributed by atoms with Gasteiger partial charge in [0, 0.05) is 12.8 Å². The first kappa shape index (κ1) is 14.4. The van der Waals surface area contributed by atoms with Gasteiger partial charge in [-0.05, 0) is 61.7 Å². The van der Waals surface area contributed by atoms with Gasteiger partial charge in [-0.3, -0.25) is 4.79 Å². The van der Waals surface area contributed by atoms with Gasteiger partial charge >= 0.3 is 0 Å². The molecule has 0 aliphatic heterocycles. The van der Waals surface area contributed by atoms with Gasteiger partial charge in [-0.2, -0.15) is 0 Å². The summed E-state index contributed by atoms with van der Waals surface area (Å²) in [4.78, 5) is 11.8. The van der Waals surface area contributed by atoms with Crippen LogP contribution in [0.2, 0.25) is 0 Å². The van der Waals surface area contributed by atoms with Gasteiger partial charge in [0.15, 0.2) is 0 Å². The van der Waals surface area contributed by atoms with Gasteiger partial charge in [0.25, 0.3) is 0 Å². The largest absolute Gasteiger partial charge is 0.300 e. The number of hydrogen-bond donors (Lipinski definition) is 0. The van der Waals surface area contributed by atoms with E-state index >= 15 is 0 Å². The molecule has 5 unspecified atom stereocenters. The maximum absolute atomic E-state index is 11.8. The highest BCUT2D eigenvalue weighted by atomic mass is 16.1. The van der Waals surface area contributed by atoms with Gasteiger partial charge in [-0.15, -0.1) is 0 Å². The van der Waals surface area contributed by atoms with Gasteiger partial charge in [-0.25, -0.2) is 0 Å². The summed E-state index contributed by atoms with van der Waals surface area (Å²) in [6, 6.07) is 0. The number of rotatable bonds is 1. The third-order valence-electron chi connectivity index (χ3n) is 6.94. The van der Waals surface area contributed by atoms with Crippen LogP contribution in [-0.4, -0.2) is 5.78 Å². The third kappa shape index (κ3) is 2.18. The van der Waals surface area contributed by atoms with E-state index in [4.69, 9.17) is 0 Å². The average molecular weight is 274 g/mol. The molecule has 0 radical (unpaired) electrons. The molecule has 0 heterocycles. The van der Waals surface area contributed by atoms with Crippen molar-refractivity contribution in [3.63, 3.8) is 0 Å². The highest BCUT2D eigenvalue weighted by Crippen LogP contribution is 2.58. The number of allylic oxidation sites excluding steroid dienone is 2. The van der Waals surface area contributed by atoms with Crippen molar-refractivity contribution in [2.45, 2.75) is 72.1 Å². The molecule has 3 fully saturated rings. The SMILES string of the molecule is CC=C1C(C2CCCC2C)CCC2CC(=O)CCC12C. The molecule has 0 N–H and O–H groups in total. The van der Waals surface area contributed by atoms with Crippen LogP contribution in [-0.2, 0) is 4.79 Å². The number of Topliss-reactive ketones (excluding diaryl/α,β-unsaturated/α-hetero) is 1. The van der Waals surface area contributed by atoms with Gasteiger partial charge in [0.1, 0.15) is 5.78 Å². The quantitative estimate of drug-likeness (QED) is 0.604. The zero-order valence-electron chi connectivity index (χ0n) is 13.5. The molecule has 1 nitrogen and oxygen atoms in total. The van der Waals surface area contributed by atoms with Crippen molar-refractivity contribution < 1.29 is 4.79 Å². The molecular formula is C19H30O. The average Bonchev–Trinajstić information content (AvgIpc) is 2.84. The van der Waals surface area contributed by atoms with E-state index in [0.717, 1.165) is 37.0 Å². The Balaban J connectivity index is 1.87. The molecule has 0 bridgehead atoms. The zero-order valence-corrected chi connectivity index (χ0v) is 13.5. The Morgan fingerprint density at radius 2 is 2.00 bits per heavy atom. The van der Waals surface area contributed by atoms with Crippen LogP contribution in [0.3, 0.4) is 0 Å². The molecule has 0 saturated heterocycles. The molecule has 5 atom stereocenters. The molecule has 0 aromatic carbocycles.